The largest absolute Gasteiger partial charge is 0.291 e. The third-order valence-electron chi connectivity index (χ3n) is 4.40. The number of rotatable bonds is 2. The van der Waals surface area contributed by atoms with Gasteiger partial charge in [-0.05, 0) is 59.4 Å². The Morgan fingerprint density at radius 2 is 2.00 bits per heavy atom. The van der Waals surface area contributed by atoms with Gasteiger partial charge in [0, 0.05) is 15.5 Å². The number of piperidine rings is 1. The maximum atomic E-state index is 12.8. The van der Waals surface area contributed by atoms with Gasteiger partial charge >= 0.3 is 0 Å². The highest BCUT2D eigenvalue weighted by atomic mass is 79.9. The van der Waals surface area contributed by atoms with Crippen molar-refractivity contribution in [3.63, 3.8) is 0 Å². The maximum absolute atomic E-state index is 12.8. The zero-order chi connectivity index (χ0) is 15.9. The molecule has 0 N–H and O–H groups in total. The molecule has 118 valence electrons. The summed E-state index contributed by atoms with van der Waals surface area (Å²) in [6, 6.07) is 5.19. The standard InChI is InChI=1S/C16H18Br2N2O2/c1-10-3-2-6-19(9-10)14-8-15(21)20(16(14)22)13-5-4-11(17)7-12(13)18/h4-5,7,10,14H,2-3,6,8-9H2,1H3/t10-,14+/m1/s1. The quantitative estimate of drug-likeness (QED) is 0.674. The lowest BCUT2D eigenvalue weighted by Crippen LogP contribution is -2.46. The van der Waals surface area contributed by atoms with Crippen molar-refractivity contribution in [3.8, 4) is 0 Å². The van der Waals surface area contributed by atoms with Gasteiger partial charge in [0.25, 0.3) is 5.91 Å². The number of anilines is 1. The van der Waals surface area contributed by atoms with Gasteiger partial charge in [-0.2, -0.15) is 0 Å². The molecule has 2 saturated heterocycles. The van der Waals surface area contributed by atoms with Crippen molar-refractivity contribution in [2.24, 2.45) is 5.92 Å². The van der Waals surface area contributed by atoms with Crippen molar-refractivity contribution in [2.45, 2.75) is 32.2 Å². The second kappa shape index (κ2) is 6.42. The highest BCUT2D eigenvalue weighted by molar-refractivity contribution is 9.11. The predicted molar refractivity (Wildman–Crippen MR) is 92.7 cm³/mol. The lowest BCUT2D eigenvalue weighted by molar-refractivity contribution is -0.123. The summed E-state index contributed by atoms with van der Waals surface area (Å²) < 4.78 is 1.65. The van der Waals surface area contributed by atoms with E-state index in [-0.39, 0.29) is 24.3 Å². The Morgan fingerprint density at radius 1 is 1.23 bits per heavy atom. The fraction of sp³-hybridized carbons (Fsp3) is 0.500. The van der Waals surface area contributed by atoms with E-state index in [1.165, 1.54) is 11.3 Å². The molecule has 22 heavy (non-hydrogen) atoms. The third-order valence-corrected chi connectivity index (χ3v) is 5.53. The molecule has 1 aromatic carbocycles. The van der Waals surface area contributed by atoms with Gasteiger partial charge in [0.15, 0.2) is 0 Å². The molecule has 3 rings (SSSR count). The SMILES string of the molecule is C[C@@H]1CCCN([C@H]2CC(=O)N(c3ccc(Br)cc3Br)C2=O)C1. The summed E-state index contributed by atoms with van der Waals surface area (Å²) in [5.74, 6) is 0.378. The molecule has 2 aliphatic rings. The van der Waals surface area contributed by atoms with E-state index in [0.717, 1.165) is 28.5 Å². The van der Waals surface area contributed by atoms with Crippen LogP contribution in [-0.4, -0.2) is 35.8 Å². The Hall–Kier alpha value is -0.720. The molecule has 2 fully saturated rings. The molecular formula is C16H18Br2N2O2. The smallest absolute Gasteiger partial charge is 0.251 e. The molecule has 0 bridgehead atoms. The number of hydrogen-bond acceptors (Lipinski definition) is 3. The Balaban J connectivity index is 1.85. The number of imide groups is 1. The summed E-state index contributed by atoms with van der Waals surface area (Å²) in [7, 11) is 0. The van der Waals surface area contributed by atoms with Crippen molar-refractivity contribution >= 4 is 49.4 Å². The van der Waals surface area contributed by atoms with E-state index in [2.05, 4.69) is 43.7 Å². The Morgan fingerprint density at radius 3 is 2.68 bits per heavy atom. The molecule has 2 aliphatic heterocycles. The van der Waals surface area contributed by atoms with Crippen LogP contribution in [0.25, 0.3) is 0 Å². The number of halogens is 2. The molecule has 0 spiro atoms. The van der Waals surface area contributed by atoms with Gasteiger partial charge in [0.2, 0.25) is 5.91 Å². The summed E-state index contributed by atoms with van der Waals surface area (Å²) in [6.07, 6.45) is 2.59. The molecule has 0 aliphatic carbocycles. The number of carbonyl (C=O) groups is 2. The van der Waals surface area contributed by atoms with Gasteiger partial charge in [-0.3, -0.25) is 14.5 Å². The highest BCUT2D eigenvalue weighted by Crippen LogP contribution is 2.34. The van der Waals surface area contributed by atoms with Gasteiger partial charge in [-0.1, -0.05) is 22.9 Å². The number of amides is 2. The summed E-state index contributed by atoms with van der Waals surface area (Å²) in [4.78, 5) is 28.7. The van der Waals surface area contributed by atoms with Crippen LogP contribution in [0.5, 0.6) is 0 Å². The van der Waals surface area contributed by atoms with Crippen LogP contribution in [0, 0.1) is 5.92 Å². The minimum atomic E-state index is -0.300. The van der Waals surface area contributed by atoms with Gasteiger partial charge in [-0.15, -0.1) is 0 Å². The maximum Gasteiger partial charge on any atom is 0.251 e. The molecule has 4 nitrogen and oxygen atoms in total. The average Bonchev–Trinajstić information content (AvgIpc) is 2.75. The van der Waals surface area contributed by atoms with Crippen LogP contribution >= 0.6 is 31.9 Å². The molecule has 0 unspecified atom stereocenters. The highest BCUT2D eigenvalue weighted by Gasteiger charge is 2.43. The molecule has 0 saturated carbocycles. The molecule has 6 heteroatoms. The van der Waals surface area contributed by atoms with Crippen molar-refractivity contribution in [3.05, 3.63) is 27.1 Å². The minimum absolute atomic E-state index is 0.0953. The number of carbonyl (C=O) groups excluding carboxylic acids is 2. The Kier molecular flexibility index (Phi) is 4.71. The monoisotopic (exact) mass is 428 g/mol. The van der Waals surface area contributed by atoms with Crippen molar-refractivity contribution < 1.29 is 9.59 Å². The predicted octanol–water partition coefficient (Wildman–Crippen LogP) is 3.58. The number of nitrogens with zero attached hydrogens (tertiary/aromatic N) is 2. The average molecular weight is 430 g/mol. The molecule has 2 heterocycles. The number of likely N-dealkylation sites (tertiary alicyclic amines) is 1. The van der Waals surface area contributed by atoms with E-state index in [4.69, 9.17) is 0 Å². The summed E-state index contributed by atoms with van der Waals surface area (Å²) >= 11 is 6.84. The van der Waals surface area contributed by atoms with E-state index in [1.54, 1.807) is 6.07 Å². The van der Waals surface area contributed by atoms with E-state index >= 15 is 0 Å². The number of hydrogen-bond donors (Lipinski definition) is 0. The first-order chi connectivity index (χ1) is 10.5. The molecule has 0 radical (unpaired) electrons. The van der Waals surface area contributed by atoms with Gasteiger partial charge in [0.05, 0.1) is 18.2 Å². The lowest BCUT2D eigenvalue weighted by atomic mass is 9.98. The Bertz CT molecular complexity index is 620. The van der Waals surface area contributed by atoms with E-state index < -0.39 is 0 Å². The second-order valence-electron chi connectivity index (χ2n) is 6.13. The first kappa shape index (κ1) is 16.1. The van der Waals surface area contributed by atoms with Crippen LogP contribution in [0.2, 0.25) is 0 Å². The van der Waals surface area contributed by atoms with E-state index in [9.17, 15) is 9.59 Å². The molecular weight excluding hydrogens is 412 g/mol. The number of benzene rings is 1. The zero-order valence-electron chi connectivity index (χ0n) is 12.4. The van der Waals surface area contributed by atoms with Gasteiger partial charge < -0.3 is 0 Å². The van der Waals surface area contributed by atoms with Gasteiger partial charge in [0.1, 0.15) is 0 Å². The minimum Gasteiger partial charge on any atom is -0.291 e. The normalized spacial score (nSPS) is 26.8. The fourth-order valence-electron chi connectivity index (χ4n) is 3.33. The van der Waals surface area contributed by atoms with Crippen LogP contribution in [0.4, 0.5) is 5.69 Å². The second-order valence-corrected chi connectivity index (χ2v) is 7.90. The van der Waals surface area contributed by atoms with Crippen molar-refractivity contribution in [1.82, 2.24) is 4.90 Å². The summed E-state index contributed by atoms with van der Waals surface area (Å²) in [5.41, 5.74) is 0.630. The first-order valence-corrected chi connectivity index (χ1v) is 9.12. The van der Waals surface area contributed by atoms with E-state index in [0.29, 0.717) is 11.6 Å². The summed E-state index contributed by atoms with van der Waals surface area (Å²) in [5, 5.41) is 0. The van der Waals surface area contributed by atoms with Crippen molar-refractivity contribution in [2.75, 3.05) is 18.0 Å². The van der Waals surface area contributed by atoms with Crippen LogP contribution < -0.4 is 4.90 Å². The summed E-state index contributed by atoms with van der Waals surface area (Å²) in [6.45, 7) is 4.01. The topological polar surface area (TPSA) is 40.6 Å². The van der Waals surface area contributed by atoms with Gasteiger partial charge in [-0.25, -0.2) is 4.90 Å². The molecule has 2 amide bonds. The van der Waals surface area contributed by atoms with Crippen LogP contribution in [0.1, 0.15) is 26.2 Å². The molecule has 1 aromatic rings. The fourth-order valence-corrected chi connectivity index (χ4v) is 4.55. The first-order valence-electron chi connectivity index (χ1n) is 7.53. The lowest BCUT2D eigenvalue weighted by Gasteiger charge is -2.34. The molecule has 0 aromatic heterocycles. The zero-order valence-corrected chi connectivity index (χ0v) is 15.6. The van der Waals surface area contributed by atoms with Crippen molar-refractivity contribution in [1.29, 1.82) is 0 Å². The molecule has 2 atom stereocenters. The van der Waals surface area contributed by atoms with Crippen LogP contribution in [0.3, 0.4) is 0 Å². The van der Waals surface area contributed by atoms with Crippen LogP contribution in [0.15, 0.2) is 27.1 Å². The van der Waals surface area contributed by atoms with Crippen LogP contribution in [-0.2, 0) is 9.59 Å². The Labute approximate surface area is 147 Å². The third kappa shape index (κ3) is 3.01. The van der Waals surface area contributed by atoms with E-state index in [1.807, 2.05) is 12.1 Å².